The fourth-order valence-electron chi connectivity index (χ4n) is 3.11. The summed E-state index contributed by atoms with van der Waals surface area (Å²) in [6, 6.07) is 16.1. The quantitative estimate of drug-likeness (QED) is 0.693. The third-order valence-corrected chi connectivity index (χ3v) is 5.68. The zero-order valence-corrected chi connectivity index (χ0v) is 15.4. The van der Waals surface area contributed by atoms with Crippen LogP contribution < -0.4 is 0 Å². The molecule has 0 unspecified atom stereocenters. The van der Waals surface area contributed by atoms with Crippen LogP contribution in [0.2, 0.25) is 0 Å². The highest BCUT2D eigenvalue weighted by Crippen LogP contribution is 2.29. The van der Waals surface area contributed by atoms with E-state index in [9.17, 15) is 4.79 Å². The van der Waals surface area contributed by atoms with Crippen molar-refractivity contribution in [3.05, 3.63) is 76.9 Å². The standard InChI is InChI=1S/C21H19N3OS/c1-15-19(26-20(23-15)18-9-5-6-12-22-18)21(25)24-13-10-17(11-14-24)16-7-3-2-4-8-16/h2-10,12H,11,13-14H2,1H3. The third-order valence-electron chi connectivity index (χ3n) is 4.52. The second-order valence-electron chi connectivity index (χ2n) is 6.25. The van der Waals surface area contributed by atoms with E-state index in [0.717, 1.165) is 29.4 Å². The van der Waals surface area contributed by atoms with Crippen molar-refractivity contribution in [2.45, 2.75) is 13.3 Å². The lowest BCUT2D eigenvalue weighted by atomic mass is 9.99. The maximum absolute atomic E-state index is 13.0. The molecule has 0 saturated heterocycles. The Labute approximate surface area is 156 Å². The summed E-state index contributed by atoms with van der Waals surface area (Å²) in [6.07, 6.45) is 4.78. The van der Waals surface area contributed by atoms with E-state index in [1.54, 1.807) is 6.20 Å². The number of aryl methyl sites for hydroxylation is 1. The number of rotatable bonds is 3. The second-order valence-corrected chi connectivity index (χ2v) is 7.24. The maximum atomic E-state index is 13.0. The summed E-state index contributed by atoms with van der Waals surface area (Å²) >= 11 is 1.43. The van der Waals surface area contributed by atoms with Gasteiger partial charge in [-0.15, -0.1) is 11.3 Å². The highest BCUT2D eigenvalue weighted by molar-refractivity contribution is 7.17. The fraction of sp³-hybridized carbons (Fsp3) is 0.190. The number of pyridine rings is 1. The lowest BCUT2D eigenvalue weighted by Crippen LogP contribution is -2.34. The van der Waals surface area contributed by atoms with Gasteiger partial charge < -0.3 is 4.90 Å². The molecule has 26 heavy (non-hydrogen) atoms. The number of nitrogens with zero attached hydrogens (tertiary/aromatic N) is 3. The first-order valence-corrected chi connectivity index (χ1v) is 9.46. The molecule has 0 atom stereocenters. The Hall–Kier alpha value is -2.79. The smallest absolute Gasteiger partial charge is 0.266 e. The molecule has 1 amide bonds. The van der Waals surface area contributed by atoms with Crippen molar-refractivity contribution in [1.82, 2.24) is 14.9 Å². The number of hydrogen-bond donors (Lipinski definition) is 0. The second kappa shape index (κ2) is 7.22. The van der Waals surface area contributed by atoms with Crippen LogP contribution in [0.25, 0.3) is 16.3 Å². The SMILES string of the molecule is Cc1nc(-c2ccccn2)sc1C(=O)N1CC=C(c2ccccc2)CC1. The van der Waals surface area contributed by atoms with Crippen LogP contribution in [0.5, 0.6) is 0 Å². The van der Waals surface area contributed by atoms with Crippen molar-refractivity contribution in [3.8, 4) is 10.7 Å². The van der Waals surface area contributed by atoms with E-state index < -0.39 is 0 Å². The van der Waals surface area contributed by atoms with Gasteiger partial charge in [0.05, 0.1) is 11.4 Å². The molecule has 0 fully saturated rings. The summed E-state index contributed by atoms with van der Waals surface area (Å²) < 4.78 is 0. The van der Waals surface area contributed by atoms with Crippen molar-refractivity contribution in [2.24, 2.45) is 0 Å². The molecule has 5 heteroatoms. The van der Waals surface area contributed by atoms with Gasteiger partial charge in [-0.1, -0.05) is 42.5 Å². The molecule has 0 N–H and O–H groups in total. The van der Waals surface area contributed by atoms with Gasteiger partial charge in [0.15, 0.2) is 0 Å². The van der Waals surface area contributed by atoms with Gasteiger partial charge in [0, 0.05) is 19.3 Å². The molecular weight excluding hydrogens is 342 g/mol. The van der Waals surface area contributed by atoms with E-state index in [2.05, 4.69) is 28.2 Å². The molecule has 1 aliphatic rings. The van der Waals surface area contributed by atoms with E-state index in [1.165, 1.54) is 22.5 Å². The summed E-state index contributed by atoms with van der Waals surface area (Å²) in [6.45, 7) is 3.26. The summed E-state index contributed by atoms with van der Waals surface area (Å²) in [5.74, 6) is 0.0607. The Morgan fingerprint density at radius 2 is 1.92 bits per heavy atom. The van der Waals surface area contributed by atoms with Crippen LogP contribution in [0.15, 0.2) is 60.8 Å². The van der Waals surface area contributed by atoms with E-state index in [4.69, 9.17) is 0 Å². The molecule has 3 aromatic rings. The number of thiazole rings is 1. The van der Waals surface area contributed by atoms with Gasteiger partial charge in [-0.2, -0.15) is 0 Å². The number of carbonyl (C=O) groups is 1. The van der Waals surface area contributed by atoms with Crippen LogP contribution in [0.1, 0.15) is 27.3 Å². The molecule has 1 aliphatic heterocycles. The Morgan fingerprint density at radius 3 is 2.62 bits per heavy atom. The van der Waals surface area contributed by atoms with Crippen molar-refractivity contribution in [3.63, 3.8) is 0 Å². The Bertz CT molecular complexity index is 948. The maximum Gasteiger partial charge on any atom is 0.266 e. The number of amides is 1. The Kier molecular flexibility index (Phi) is 4.63. The largest absolute Gasteiger partial charge is 0.334 e. The van der Waals surface area contributed by atoms with E-state index in [-0.39, 0.29) is 5.91 Å². The summed E-state index contributed by atoms with van der Waals surface area (Å²) in [5, 5.41) is 0.795. The molecule has 4 nitrogen and oxygen atoms in total. The van der Waals surface area contributed by atoms with Gasteiger partial charge in [0.25, 0.3) is 5.91 Å². The number of aromatic nitrogens is 2. The van der Waals surface area contributed by atoms with Crippen LogP contribution in [0.3, 0.4) is 0 Å². The first-order chi connectivity index (χ1) is 12.7. The van der Waals surface area contributed by atoms with Gasteiger partial charge in [0.2, 0.25) is 0 Å². The topological polar surface area (TPSA) is 46.1 Å². The fourth-order valence-corrected chi connectivity index (χ4v) is 4.12. The van der Waals surface area contributed by atoms with Gasteiger partial charge in [-0.25, -0.2) is 4.98 Å². The molecule has 0 aliphatic carbocycles. The number of carbonyl (C=O) groups excluding carboxylic acids is 1. The summed E-state index contributed by atoms with van der Waals surface area (Å²) in [4.78, 5) is 24.4. The Balaban J connectivity index is 1.52. The summed E-state index contributed by atoms with van der Waals surface area (Å²) in [7, 11) is 0. The van der Waals surface area contributed by atoms with E-state index >= 15 is 0 Å². The van der Waals surface area contributed by atoms with E-state index in [0.29, 0.717) is 11.4 Å². The minimum atomic E-state index is 0.0607. The van der Waals surface area contributed by atoms with Crippen LogP contribution in [-0.4, -0.2) is 33.9 Å². The zero-order valence-electron chi connectivity index (χ0n) is 14.6. The molecule has 0 radical (unpaired) electrons. The van der Waals surface area contributed by atoms with Crippen LogP contribution in [0.4, 0.5) is 0 Å². The predicted molar refractivity (Wildman–Crippen MR) is 105 cm³/mol. The molecule has 3 heterocycles. The monoisotopic (exact) mass is 361 g/mol. The lowest BCUT2D eigenvalue weighted by molar-refractivity contribution is 0.0776. The van der Waals surface area contributed by atoms with Crippen LogP contribution in [0, 0.1) is 6.92 Å². The van der Waals surface area contributed by atoms with Gasteiger partial charge in [0.1, 0.15) is 9.88 Å². The van der Waals surface area contributed by atoms with Gasteiger partial charge in [-0.3, -0.25) is 9.78 Å². The normalized spacial score (nSPS) is 14.2. The Morgan fingerprint density at radius 1 is 1.12 bits per heavy atom. The van der Waals surface area contributed by atoms with Crippen molar-refractivity contribution in [2.75, 3.05) is 13.1 Å². The molecule has 0 bridgehead atoms. The minimum absolute atomic E-state index is 0.0607. The average Bonchev–Trinajstić information content (AvgIpc) is 3.10. The van der Waals surface area contributed by atoms with Crippen molar-refractivity contribution in [1.29, 1.82) is 0 Å². The van der Waals surface area contributed by atoms with Gasteiger partial charge >= 0.3 is 0 Å². The van der Waals surface area contributed by atoms with Crippen LogP contribution in [-0.2, 0) is 0 Å². The van der Waals surface area contributed by atoms with Crippen molar-refractivity contribution < 1.29 is 4.79 Å². The number of benzene rings is 1. The highest BCUT2D eigenvalue weighted by atomic mass is 32.1. The minimum Gasteiger partial charge on any atom is -0.334 e. The molecule has 0 saturated carbocycles. The first-order valence-electron chi connectivity index (χ1n) is 8.65. The van der Waals surface area contributed by atoms with E-state index in [1.807, 2.05) is 48.2 Å². The molecule has 1 aromatic carbocycles. The number of hydrogen-bond acceptors (Lipinski definition) is 4. The van der Waals surface area contributed by atoms with Crippen LogP contribution >= 0.6 is 11.3 Å². The zero-order chi connectivity index (χ0) is 17.9. The summed E-state index contributed by atoms with van der Waals surface area (Å²) in [5.41, 5.74) is 4.14. The molecule has 4 rings (SSSR count). The van der Waals surface area contributed by atoms with Gasteiger partial charge in [-0.05, 0) is 36.6 Å². The molecule has 0 spiro atoms. The first kappa shape index (κ1) is 16.7. The third kappa shape index (κ3) is 3.30. The predicted octanol–water partition coefficient (Wildman–Crippen LogP) is 4.44. The molecular formula is C21H19N3OS. The average molecular weight is 361 g/mol. The highest BCUT2D eigenvalue weighted by Gasteiger charge is 2.24. The van der Waals surface area contributed by atoms with Crippen molar-refractivity contribution >= 4 is 22.8 Å². The molecule has 130 valence electrons. The molecule has 2 aromatic heterocycles. The lowest BCUT2D eigenvalue weighted by Gasteiger charge is -2.26.